The van der Waals surface area contributed by atoms with Gasteiger partial charge < -0.3 is 28.6 Å². The Bertz CT molecular complexity index is 1890. The zero-order valence-corrected chi connectivity index (χ0v) is 29.1. The van der Waals surface area contributed by atoms with Gasteiger partial charge in [-0.2, -0.15) is 4.98 Å². The monoisotopic (exact) mass is 764 g/mol. The number of benzene rings is 3. The number of hydrogen-bond acceptors (Lipinski definition) is 8. The summed E-state index contributed by atoms with van der Waals surface area (Å²) in [7, 11) is 3.25. The number of nitrogens with zero attached hydrogens (tertiary/aromatic N) is 2. The van der Waals surface area contributed by atoms with Crippen molar-refractivity contribution in [2.45, 2.75) is 44.3 Å². The van der Waals surface area contributed by atoms with Crippen molar-refractivity contribution in [2.24, 2.45) is 5.92 Å². The average molecular weight is 765 g/mol. The SMILES string of the molecule is COc1ccc(C(OC[C@H]2O[C@H](n3cc(I)c4c(=O)[nH]c(NC(=O)C(C)C)nc43)C[C@@H]2O)(c2ccccc2)c2ccc(OC)cc2)cc1. The predicted molar refractivity (Wildman–Crippen MR) is 189 cm³/mol. The molecule has 0 aliphatic carbocycles. The first-order valence-electron chi connectivity index (χ1n) is 15.6. The topological polar surface area (TPSA) is 137 Å². The summed E-state index contributed by atoms with van der Waals surface area (Å²) in [4.78, 5) is 32.6. The van der Waals surface area contributed by atoms with E-state index in [9.17, 15) is 14.7 Å². The van der Waals surface area contributed by atoms with Crippen molar-refractivity contribution in [3.05, 3.63) is 116 Å². The third-order valence-electron chi connectivity index (χ3n) is 8.55. The lowest BCUT2D eigenvalue weighted by molar-refractivity contribution is -0.118. The Morgan fingerprint density at radius 3 is 2.17 bits per heavy atom. The van der Waals surface area contributed by atoms with E-state index in [0.29, 0.717) is 26.1 Å². The molecule has 6 rings (SSSR count). The molecule has 3 atom stereocenters. The number of halogens is 1. The van der Waals surface area contributed by atoms with Gasteiger partial charge in [-0.1, -0.05) is 68.4 Å². The van der Waals surface area contributed by atoms with E-state index >= 15 is 0 Å². The Morgan fingerprint density at radius 1 is 1.02 bits per heavy atom. The smallest absolute Gasteiger partial charge is 0.262 e. The molecule has 0 unspecified atom stereocenters. The molecule has 3 N–H and O–H groups in total. The zero-order chi connectivity index (χ0) is 34.0. The maximum atomic E-state index is 13.0. The first kappa shape index (κ1) is 33.7. The number of anilines is 1. The van der Waals surface area contributed by atoms with E-state index < -0.39 is 24.0 Å². The summed E-state index contributed by atoms with van der Waals surface area (Å²) >= 11 is 2.08. The lowest BCUT2D eigenvalue weighted by Crippen LogP contribution is -2.38. The number of aliphatic hydroxyl groups excluding tert-OH is 1. The summed E-state index contributed by atoms with van der Waals surface area (Å²) in [6.45, 7) is 3.54. The van der Waals surface area contributed by atoms with Gasteiger partial charge in [-0.15, -0.1) is 0 Å². The number of nitrogens with one attached hydrogen (secondary N) is 2. The molecule has 1 aliphatic heterocycles. The lowest BCUT2D eigenvalue weighted by Gasteiger charge is -2.37. The number of carbonyl (C=O) groups excluding carboxylic acids is 1. The zero-order valence-electron chi connectivity index (χ0n) is 27.0. The Hall–Kier alpha value is -4.24. The van der Waals surface area contributed by atoms with Crippen LogP contribution in [-0.2, 0) is 19.9 Å². The Balaban J connectivity index is 1.35. The molecule has 12 heteroatoms. The van der Waals surface area contributed by atoms with Crippen molar-refractivity contribution in [3.63, 3.8) is 0 Å². The quantitative estimate of drug-likeness (QED) is 0.117. The molecular weight excluding hydrogens is 727 g/mol. The number of fused-ring (bicyclic) bond motifs is 1. The molecule has 48 heavy (non-hydrogen) atoms. The number of ether oxygens (including phenoxy) is 4. The number of H-pyrrole nitrogens is 1. The first-order chi connectivity index (χ1) is 23.1. The third-order valence-corrected chi connectivity index (χ3v) is 9.37. The number of aliphatic hydroxyl groups is 1. The van der Waals surface area contributed by atoms with Crippen LogP contribution >= 0.6 is 22.6 Å². The normalized spacial score (nSPS) is 17.9. The maximum absolute atomic E-state index is 13.0. The second-order valence-corrected chi connectivity index (χ2v) is 13.1. The number of carbonyl (C=O) groups is 1. The van der Waals surface area contributed by atoms with Crippen LogP contribution in [0.1, 0.15) is 43.2 Å². The number of amides is 1. The van der Waals surface area contributed by atoms with E-state index in [1.807, 2.05) is 78.9 Å². The van der Waals surface area contributed by atoms with Gasteiger partial charge in [-0.3, -0.25) is 19.9 Å². The van der Waals surface area contributed by atoms with E-state index in [4.69, 9.17) is 18.9 Å². The van der Waals surface area contributed by atoms with Crippen LogP contribution in [0.5, 0.6) is 11.5 Å². The number of hydrogen-bond donors (Lipinski definition) is 3. The predicted octanol–water partition coefficient (Wildman–Crippen LogP) is 5.60. The minimum absolute atomic E-state index is 0.0324. The fourth-order valence-corrected chi connectivity index (χ4v) is 6.75. The first-order valence-corrected chi connectivity index (χ1v) is 16.7. The summed E-state index contributed by atoms with van der Waals surface area (Å²) in [6.07, 6.45) is -0.236. The molecule has 1 aliphatic rings. The van der Waals surface area contributed by atoms with Crippen molar-refractivity contribution in [1.82, 2.24) is 14.5 Å². The van der Waals surface area contributed by atoms with Crippen LogP contribution in [0.15, 0.2) is 89.9 Å². The van der Waals surface area contributed by atoms with Crippen molar-refractivity contribution in [3.8, 4) is 11.5 Å². The van der Waals surface area contributed by atoms with E-state index in [1.165, 1.54) is 0 Å². The van der Waals surface area contributed by atoms with Gasteiger partial charge in [0.1, 0.15) is 29.4 Å². The van der Waals surface area contributed by atoms with Crippen LogP contribution in [0.2, 0.25) is 0 Å². The van der Waals surface area contributed by atoms with Crippen molar-refractivity contribution < 1.29 is 28.8 Å². The summed E-state index contributed by atoms with van der Waals surface area (Å²) in [5, 5.41) is 14.4. The minimum Gasteiger partial charge on any atom is -0.497 e. The largest absolute Gasteiger partial charge is 0.497 e. The average Bonchev–Trinajstić information content (AvgIpc) is 3.64. The molecule has 0 radical (unpaired) electrons. The molecule has 2 aromatic heterocycles. The summed E-state index contributed by atoms with van der Waals surface area (Å²) in [5.41, 5.74) is 1.47. The summed E-state index contributed by atoms with van der Waals surface area (Å²) < 4.78 is 26.7. The second-order valence-electron chi connectivity index (χ2n) is 11.9. The van der Waals surface area contributed by atoms with Gasteiger partial charge in [0.05, 0.1) is 32.3 Å². The Labute approximate surface area is 291 Å². The summed E-state index contributed by atoms with van der Waals surface area (Å²) in [6, 6.07) is 25.3. The van der Waals surface area contributed by atoms with E-state index in [0.717, 1.165) is 16.7 Å². The standard InChI is InChI=1S/C36H37IN4O7/c1-21(2)33(43)39-35-38-32-31(34(44)40-35)27(37)19-41(32)30-18-28(42)29(48-30)20-47-36(22-8-6-5-7-9-22,23-10-14-25(45-3)15-11-23)24-12-16-26(46-4)17-13-24/h5-17,19,21,28-30,42H,18,20H2,1-4H3,(H2,38,39,40,43,44)/t28-,29+,30-/m0/s1. The van der Waals surface area contributed by atoms with Crippen LogP contribution in [0, 0.1) is 9.49 Å². The maximum Gasteiger partial charge on any atom is 0.262 e. The van der Waals surface area contributed by atoms with Gasteiger partial charge in [0.25, 0.3) is 5.56 Å². The number of aromatic amines is 1. The Kier molecular flexibility index (Phi) is 9.88. The van der Waals surface area contributed by atoms with E-state index in [2.05, 4.69) is 37.9 Å². The van der Waals surface area contributed by atoms with Crippen molar-refractivity contribution in [2.75, 3.05) is 26.1 Å². The van der Waals surface area contributed by atoms with E-state index in [-0.39, 0.29) is 36.4 Å². The van der Waals surface area contributed by atoms with Crippen molar-refractivity contribution >= 4 is 45.5 Å². The van der Waals surface area contributed by atoms with Crippen LogP contribution in [-0.4, -0.2) is 58.6 Å². The third kappa shape index (κ3) is 6.44. The highest BCUT2D eigenvalue weighted by Crippen LogP contribution is 2.43. The molecule has 1 amide bonds. The second kappa shape index (κ2) is 14.1. The fourth-order valence-electron chi connectivity index (χ4n) is 5.97. The molecule has 0 spiro atoms. The molecule has 1 saturated heterocycles. The molecule has 0 bridgehead atoms. The van der Waals surface area contributed by atoms with Crippen molar-refractivity contribution in [1.29, 1.82) is 0 Å². The van der Waals surface area contributed by atoms with Gasteiger partial charge in [0.15, 0.2) is 5.65 Å². The number of methoxy groups -OCH3 is 2. The summed E-state index contributed by atoms with van der Waals surface area (Å²) in [5.74, 6) is 0.894. The molecule has 3 heterocycles. The molecule has 250 valence electrons. The van der Waals surface area contributed by atoms with E-state index in [1.54, 1.807) is 38.8 Å². The molecule has 5 aromatic rings. The lowest BCUT2D eigenvalue weighted by atomic mass is 9.80. The minimum atomic E-state index is -1.09. The van der Waals surface area contributed by atoms with Crippen LogP contribution < -0.4 is 20.3 Å². The van der Waals surface area contributed by atoms with Gasteiger partial charge in [-0.05, 0) is 63.5 Å². The molecule has 11 nitrogen and oxygen atoms in total. The Morgan fingerprint density at radius 2 is 1.60 bits per heavy atom. The van der Waals surface area contributed by atoms with Gasteiger partial charge in [0.2, 0.25) is 11.9 Å². The highest BCUT2D eigenvalue weighted by atomic mass is 127. The van der Waals surface area contributed by atoms with Crippen LogP contribution in [0.25, 0.3) is 11.0 Å². The molecular formula is C36H37IN4O7. The van der Waals surface area contributed by atoms with Crippen LogP contribution in [0.4, 0.5) is 5.95 Å². The number of rotatable bonds is 11. The molecule has 1 fully saturated rings. The highest BCUT2D eigenvalue weighted by Gasteiger charge is 2.42. The fraction of sp³-hybridized carbons (Fsp3) is 0.306. The van der Waals surface area contributed by atoms with Gasteiger partial charge >= 0.3 is 0 Å². The van der Waals surface area contributed by atoms with Gasteiger partial charge in [0, 0.05) is 22.1 Å². The van der Waals surface area contributed by atoms with Gasteiger partial charge in [-0.25, -0.2) is 0 Å². The molecule has 3 aromatic carbocycles. The number of aromatic nitrogens is 3. The molecule has 0 saturated carbocycles. The van der Waals surface area contributed by atoms with Crippen LogP contribution in [0.3, 0.4) is 0 Å². The highest BCUT2D eigenvalue weighted by molar-refractivity contribution is 14.1.